The number of carbonyl (C=O) groups excluding carboxylic acids is 2. The maximum Gasteiger partial charge on any atom is 0.337 e. The molecule has 3 heterocycles. The molecule has 3 aromatic rings. The van der Waals surface area contributed by atoms with E-state index in [1.165, 1.54) is 12.7 Å². The largest absolute Gasteiger partial charge is 0.465 e. The van der Waals surface area contributed by atoms with Crippen molar-refractivity contribution in [1.82, 2.24) is 20.4 Å². The Bertz CT molecular complexity index is 1590. The standard InChI is InChI=1S/C38H46N6O4/c1-47-38(46)29-9-7-26(8-10-29)25-43-21-18-30(19-22-43)44-23-16-27(17-24-44)33-15-20-41-37(42-33)34(36(40)45)35(39)28-11-13-32(14-12-28)48-31-5-3-2-4-6-31/h2-14,27,30,33,39,41-42H,15-25H2,1H3,(H2,40,45)/b37-34+,39-35?/t33-/m0/s1. The van der Waals surface area contributed by atoms with Crippen LogP contribution in [0, 0.1) is 11.3 Å². The van der Waals surface area contributed by atoms with Gasteiger partial charge in [-0.05, 0) is 118 Å². The molecule has 0 aliphatic carbocycles. The minimum absolute atomic E-state index is 0.0868. The summed E-state index contributed by atoms with van der Waals surface area (Å²) in [5.41, 5.74) is 8.53. The predicted octanol–water partition coefficient (Wildman–Crippen LogP) is 4.66. The lowest BCUT2D eigenvalue weighted by Gasteiger charge is -2.44. The number of para-hydroxylation sites is 1. The molecule has 10 heteroatoms. The number of nitrogens with two attached hydrogens (primary N) is 1. The molecule has 0 aromatic heterocycles. The monoisotopic (exact) mass is 650 g/mol. The Morgan fingerprint density at radius 3 is 2.12 bits per heavy atom. The smallest absolute Gasteiger partial charge is 0.337 e. The molecule has 3 saturated heterocycles. The zero-order valence-corrected chi connectivity index (χ0v) is 27.6. The second kappa shape index (κ2) is 15.5. The van der Waals surface area contributed by atoms with E-state index in [-0.39, 0.29) is 23.3 Å². The van der Waals surface area contributed by atoms with Gasteiger partial charge in [0.15, 0.2) is 0 Å². The third-order valence-electron chi connectivity index (χ3n) is 9.95. The molecular formula is C38H46N6O4. The van der Waals surface area contributed by atoms with Gasteiger partial charge in [0, 0.05) is 30.7 Å². The van der Waals surface area contributed by atoms with Gasteiger partial charge in [0.1, 0.15) is 22.9 Å². The molecule has 0 bridgehead atoms. The molecule has 0 unspecified atom stereocenters. The molecule has 0 spiro atoms. The summed E-state index contributed by atoms with van der Waals surface area (Å²) in [6.07, 6.45) is 5.48. The molecule has 3 aromatic carbocycles. The number of hydrogen-bond donors (Lipinski definition) is 4. The summed E-state index contributed by atoms with van der Waals surface area (Å²) in [7, 11) is 1.40. The minimum Gasteiger partial charge on any atom is -0.465 e. The Labute approximate surface area is 282 Å². The first-order valence-corrected chi connectivity index (χ1v) is 17.0. The van der Waals surface area contributed by atoms with Gasteiger partial charge in [-0.1, -0.05) is 30.3 Å². The summed E-state index contributed by atoms with van der Waals surface area (Å²) in [5.74, 6) is 1.51. The molecule has 48 heavy (non-hydrogen) atoms. The number of likely N-dealkylation sites (tertiary alicyclic amines) is 2. The van der Waals surface area contributed by atoms with E-state index in [2.05, 4.69) is 20.4 Å². The maximum atomic E-state index is 12.7. The van der Waals surface area contributed by atoms with Crippen molar-refractivity contribution in [2.45, 2.75) is 50.7 Å². The molecule has 1 amide bonds. The van der Waals surface area contributed by atoms with Crippen LogP contribution in [0.2, 0.25) is 0 Å². The fourth-order valence-corrected chi connectivity index (χ4v) is 7.26. The quantitative estimate of drug-likeness (QED) is 0.142. The Hall–Kier alpha value is -4.67. The lowest BCUT2D eigenvalue weighted by Crippen LogP contribution is -2.53. The fourth-order valence-electron chi connectivity index (χ4n) is 7.26. The number of nitrogens with one attached hydrogen (secondary N) is 3. The SMILES string of the molecule is COC(=O)c1ccc(CN2CCC(N3CCC([C@@H]4CCN/C(=C(/C(=N)c5ccc(Oc6ccccc6)cc5)C(N)=O)N4)CC3)CC2)cc1. The highest BCUT2D eigenvalue weighted by atomic mass is 16.5. The van der Waals surface area contributed by atoms with Gasteiger partial charge in [0.25, 0.3) is 5.91 Å². The van der Waals surface area contributed by atoms with Crippen LogP contribution in [0.5, 0.6) is 11.5 Å². The average molecular weight is 651 g/mol. The molecule has 6 rings (SSSR count). The van der Waals surface area contributed by atoms with E-state index in [1.54, 1.807) is 24.3 Å². The van der Waals surface area contributed by atoms with Crippen LogP contribution in [0.3, 0.4) is 0 Å². The van der Waals surface area contributed by atoms with Gasteiger partial charge in [-0.25, -0.2) is 4.79 Å². The minimum atomic E-state index is -0.625. The van der Waals surface area contributed by atoms with Crippen LogP contribution < -0.4 is 21.1 Å². The number of nitrogens with zero attached hydrogens (tertiary/aromatic N) is 2. The number of hydrogen-bond acceptors (Lipinski definition) is 9. The van der Waals surface area contributed by atoms with Crippen LogP contribution in [-0.2, 0) is 16.1 Å². The maximum absolute atomic E-state index is 12.7. The number of esters is 1. The van der Waals surface area contributed by atoms with Crippen molar-refractivity contribution in [2.24, 2.45) is 11.7 Å². The molecule has 3 aliphatic rings. The summed E-state index contributed by atoms with van der Waals surface area (Å²) in [6.45, 7) is 5.91. The first-order valence-electron chi connectivity index (χ1n) is 17.0. The van der Waals surface area contributed by atoms with Crippen molar-refractivity contribution >= 4 is 17.6 Å². The van der Waals surface area contributed by atoms with Crippen LogP contribution in [0.1, 0.15) is 53.6 Å². The average Bonchev–Trinajstić information content (AvgIpc) is 3.13. The van der Waals surface area contributed by atoms with Gasteiger partial charge in [-0.2, -0.15) is 0 Å². The number of amides is 1. The van der Waals surface area contributed by atoms with Gasteiger partial charge >= 0.3 is 5.97 Å². The second-order valence-electron chi connectivity index (χ2n) is 13.0. The number of benzene rings is 3. The van der Waals surface area contributed by atoms with Gasteiger partial charge in [-0.15, -0.1) is 0 Å². The van der Waals surface area contributed by atoms with Crippen molar-refractivity contribution in [3.8, 4) is 11.5 Å². The molecule has 0 radical (unpaired) electrons. The van der Waals surface area contributed by atoms with Gasteiger partial charge in [0.2, 0.25) is 0 Å². The van der Waals surface area contributed by atoms with Crippen molar-refractivity contribution in [1.29, 1.82) is 5.41 Å². The molecule has 252 valence electrons. The van der Waals surface area contributed by atoms with E-state index >= 15 is 0 Å². The van der Waals surface area contributed by atoms with E-state index in [0.29, 0.717) is 34.7 Å². The third kappa shape index (κ3) is 8.06. The summed E-state index contributed by atoms with van der Waals surface area (Å²) >= 11 is 0. The van der Waals surface area contributed by atoms with E-state index in [4.69, 9.17) is 20.6 Å². The van der Waals surface area contributed by atoms with Crippen molar-refractivity contribution in [3.63, 3.8) is 0 Å². The van der Waals surface area contributed by atoms with Gasteiger partial charge in [0.05, 0.1) is 18.4 Å². The Morgan fingerprint density at radius 1 is 0.833 bits per heavy atom. The number of primary amides is 1. The number of piperidine rings is 2. The van der Waals surface area contributed by atoms with Crippen molar-refractivity contribution in [2.75, 3.05) is 39.8 Å². The highest BCUT2D eigenvalue weighted by Crippen LogP contribution is 2.29. The highest BCUT2D eigenvalue weighted by Gasteiger charge is 2.34. The molecule has 1 atom stereocenters. The predicted molar refractivity (Wildman–Crippen MR) is 186 cm³/mol. The Balaban J connectivity index is 0.999. The zero-order valence-electron chi connectivity index (χ0n) is 27.6. The summed E-state index contributed by atoms with van der Waals surface area (Å²) < 4.78 is 10.7. The van der Waals surface area contributed by atoms with E-state index in [9.17, 15) is 9.59 Å². The second-order valence-corrected chi connectivity index (χ2v) is 13.0. The Kier molecular flexibility index (Phi) is 10.7. The number of rotatable bonds is 10. The number of methoxy groups -OCH3 is 1. The summed E-state index contributed by atoms with van der Waals surface area (Å²) in [4.78, 5) is 29.6. The molecule has 10 nitrogen and oxygen atoms in total. The molecule has 3 aliphatic heterocycles. The normalized spacial score (nSPS) is 20.6. The lowest BCUT2D eigenvalue weighted by molar-refractivity contribution is -0.114. The molecule has 0 saturated carbocycles. The van der Waals surface area contributed by atoms with E-state index in [1.807, 2.05) is 54.6 Å². The van der Waals surface area contributed by atoms with Crippen LogP contribution in [-0.4, -0.2) is 79.3 Å². The highest BCUT2D eigenvalue weighted by molar-refractivity contribution is 6.26. The summed E-state index contributed by atoms with van der Waals surface area (Å²) in [5, 5.41) is 15.8. The van der Waals surface area contributed by atoms with Crippen molar-refractivity contribution < 1.29 is 19.1 Å². The topological polar surface area (TPSA) is 133 Å². The van der Waals surface area contributed by atoms with Crippen LogP contribution >= 0.6 is 0 Å². The van der Waals surface area contributed by atoms with E-state index < -0.39 is 5.91 Å². The first-order chi connectivity index (χ1) is 23.4. The van der Waals surface area contributed by atoms with Gasteiger partial charge < -0.3 is 30.7 Å². The first kappa shape index (κ1) is 33.2. The Morgan fingerprint density at radius 2 is 1.48 bits per heavy atom. The van der Waals surface area contributed by atoms with Gasteiger partial charge in [-0.3, -0.25) is 15.1 Å². The fraction of sp³-hybridized carbons (Fsp3) is 0.395. The van der Waals surface area contributed by atoms with Crippen LogP contribution in [0.15, 0.2) is 90.3 Å². The molecular weight excluding hydrogens is 604 g/mol. The lowest BCUT2D eigenvalue weighted by atomic mass is 9.85. The zero-order chi connectivity index (χ0) is 33.5. The van der Waals surface area contributed by atoms with Crippen LogP contribution in [0.4, 0.5) is 0 Å². The van der Waals surface area contributed by atoms with Crippen molar-refractivity contribution in [3.05, 3.63) is 107 Å². The number of ether oxygens (including phenoxy) is 2. The molecule has 5 N–H and O–H groups in total. The van der Waals surface area contributed by atoms with Crippen LogP contribution in [0.25, 0.3) is 0 Å². The summed E-state index contributed by atoms with van der Waals surface area (Å²) in [6, 6.07) is 25.2. The third-order valence-corrected chi connectivity index (χ3v) is 9.95. The molecule has 3 fully saturated rings. The number of carbonyl (C=O) groups is 2. The van der Waals surface area contributed by atoms with E-state index in [0.717, 1.165) is 77.1 Å².